The molecule has 112 valence electrons. The van der Waals surface area contributed by atoms with Gasteiger partial charge in [0, 0.05) is 24.0 Å². The van der Waals surface area contributed by atoms with Crippen molar-refractivity contribution in [2.24, 2.45) is 0 Å². The average molecular weight is 294 g/mol. The molecule has 21 heavy (non-hydrogen) atoms. The number of rotatable bonds is 6. The highest BCUT2D eigenvalue weighted by Crippen LogP contribution is 2.21. The van der Waals surface area contributed by atoms with E-state index in [0.29, 0.717) is 0 Å². The maximum atomic E-state index is 13.4. The van der Waals surface area contributed by atoms with E-state index in [2.05, 4.69) is 0 Å². The van der Waals surface area contributed by atoms with E-state index in [9.17, 15) is 19.0 Å². The van der Waals surface area contributed by atoms with Gasteiger partial charge in [-0.15, -0.1) is 0 Å². The lowest BCUT2D eigenvalue weighted by atomic mass is 10.1. The third-order valence-electron chi connectivity index (χ3n) is 3.18. The number of benzene rings is 2. The van der Waals surface area contributed by atoms with Crippen molar-refractivity contribution in [3.8, 4) is 11.5 Å². The molecule has 0 unspecified atom stereocenters. The zero-order valence-electron chi connectivity index (χ0n) is 11.4. The lowest BCUT2D eigenvalue weighted by Crippen LogP contribution is -2.05. The standard InChI is InChI=1S/C16H16F2O3/c17-13-3-1-5-15(19)11(13)7-9-21-10-8-12-14(18)4-2-6-16(12)20/h1-6,19-20H,7-10H2. The van der Waals surface area contributed by atoms with Crippen LogP contribution in [-0.4, -0.2) is 23.4 Å². The van der Waals surface area contributed by atoms with Crippen LogP contribution in [-0.2, 0) is 17.6 Å². The van der Waals surface area contributed by atoms with Crippen LogP contribution < -0.4 is 0 Å². The second-order valence-corrected chi connectivity index (χ2v) is 4.59. The Morgan fingerprint density at radius 3 is 1.57 bits per heavy atom. The maximum absolute atomic E-state index is 13.4. The quantitative estimate of drug-likeness (QED) is 0.805. The minimum atomic E-state index is -0.481. The monoisotopic (exact) mass is 294 g/mol. The SMILES string of the molecule is Oc1cccc(F)c1CCOCCc1c(O)cccc1F. The minimum absolute atomic E-state index is 0.106. The van der Waals surface area contributed by atoms with Crippen LogP contribution in [0.3, 0.4) is 0 Å². The van der Waals surface area contributed by atoms with Crippen molar-refractivity contribution >= 4 is 0 Å². The molecular weight excluding hydrogens is 278 g/mol. The molecule has 0 aromatic heterocycles. The minimum Gasteiger partial charge on any atom is -0.508 e. The predicted octanol–water partition coefficient (Wildman–Crippen LogP) is 3.18. The normalized spacial score (nSPS) is 10.8. The third kappa shape index (κ3) is 3.92. The van der Waals surface area contributed by atoms with Crippen LogP contribution in [0.25, 0.3) is 0 Å². The first kappa shape index (κ1) is 15.3. The first-order valence-corrected chi connectivity index (χ1v) is 6.60. The highest BCUT2D eigenvalue weighted by Gasteiger charge is 2.09. The molecule has 0 saturated heterocycles. The molecule has 2 rings (SSSR count). The van der Waals surface area contributed by atoms with E-state index in [1.807, 2.05) is 0 Å². The lowest BCUT2D eigenvalue weighted by molar-refractivity contribution is 0.138. The highest BCUT2D eigenvalue weighted by atomic mass is 19.1. The number of hydrogen-bond acceptors (Lipinski definition) is 3. The molecule has 2 aromatic rings. The molecule has 0 atom stereocenters. The molecule has 2 aromatic carbocycles. The summed E-state index contributed by atoms with van der Waals surface area (Å²) in [4.78, 5) is 0. The first-order chi connectivity index (χ1) is 10.1. The fourth-order valence-corrected chi connectivity index (χ4v) is 2.04. The van der Waals surface area contributed by atoms with Crippen molar-refractivity contribution < 1.29 is 23.7 Å². The molecule has 0 fully saturated rings. The van der Waals surface area contributed by atoms with Crippen molar-refractivity contribution in [1.29, 1.82) is 0 Å². The fourth-order valence-electron chi connectivity index (χ4n) is 2.04. The Morgan fingerprint density at radius 1 is 0.762 bits per heavy atom. The summed E-state index contributed by atoms with van der Waals surface area (Å²) in [5.74, 6) is -1.17. The number of phenols is 2. The Bertz CT molecular complexity index is 520. The van der Waals surface area contributed by atoms with Crippen molar-refractivity contribution in [3.63, 3.8) is 0 Å². The van der Waals surface area contributed by atoms with Gasteiger partial charge in [0.25, 0.3) is 0 Å². The van der Waals surface area contributed by atoms with Gasteiger partial charge in [0.05, 0.1) is 13.2 Å². The van der Waals surface area contributed by atoms with Crippen molar-refractivity contribution in [1.82, 2.24) is 0 Å². The number of phenolic OH excluding ortho intramolecular Hbond substituents is 2. The third-order valence-corrected chi connectivity index (χ3v) is 3.18. The Labute approximate surface area is 121 Å². The fraction of sp³-hybridized carbons (Fsp3) is 0.250. The molecule has 0 amide bonds. The van der Waals surface area contributed by atoms with Crippen molar-refractivity contribution in [2.45, 2.75) is 12.8 Å². The second-order valence-electron chi connectivity index (χ2n) is 4.59. The molecule has 2 N–H and O–H groups in total. The topological polar surface area (TPSA) is 49.7 Å². The number of hydrogen-bond donors (Lipinski definition) is 2. The lowest BCUT2D eigenvalue weighted by Gasteiger charge is -2.08. The summed E-state index contributed by atoms with van der Waals surface area (Å²) in [7, 11) is 0. The molecular formula is C16H16F2O3. The molecule has 5 heteroatoms. The Balaban J connectivity index is 1.81. The largest absolute Gasteiger partial charge is 0.508 e. The van der Waals surface area contributed by atoms with E-state index in [1.54, 1.807) is 0 Å². The van der Waals surface area contributed by atoms with Gasteiger partial charge >= 0.3 is 0 Å². The summed E-state index contributed by atoms with van der Waals surface area (Å²) in [5, 5.41) is 19.0. The van der Waals surface area contributed by atoms with Gasteiger partial charge in [-0.2, -0.15) is 0 Å². The van der Waals surface area contributed by atoms with Gasteiger partial charge in [0.2, 0.25) is 0 Å². The predicted molar refractivity (Wildman–Crippen MR) is 74.4 cm³/mol. The second kappa shape index (κ2) is 7.04. The van der Waals surface area contributed by atoms with Gasteiger partial charge < -0.3 is 14.9 Å². The summed E-state index contributed by atoms with van der Waals surface area (Å²) in [6.45, 7) is 0.396. The summed E-state index contributed by atoms with van der Waals surface area (Å²) in [6.07, 6.45) is 0.448. The van der Waals surface area contributed by atoms with E-state index in [4.69, 9.17) is 4.74 Å². The van der Waals surface area contributed by atoms with E-state index in [0.717, 1.165) is 0 Å². The molecule has 0 aliphatic carbocycles. The summed E-state index contributed by atoms with van der Waals surface area (Å²) in [5.41, 5.74) is 0.400. The van der Waals surface area contributed by atoms with E-state index >= 15 is 0 Å². The summed E-state index contributed by atoms with van der Waals surface area (Å²) < 4.78 is 32.2. The van der Waals surface area contributed by atoms with Gasteiger partial charge in [0.1, 0.15) is 23.1 Å². The molecule has 3 nitrogen and oxygen atoms in total. The van der Waals surface area contributed by atoms with Gasteiger partial charge in [-0.3, -0.25) is 0 Å². The Morgan fingerprint density at radius 2 is 1.19 bits per heavy atom. The van der Waals surface area contributed by atoms with Gasteiger partial charge in [-0.25, -0.2) is 8.78 Å². The van der Waals surface area contributed by atoms with Crippen LogP contribution in [0.5, 0.6) is 11.5 Å². The number of aromatic hydroxyl groups is 2. The van der Waals surface area contributed by atoms with Crippen LogP contribution in [0.4, 0.5) is 8.78 Å². The van der Waals surface area contributed by atoms with Crippen molar-refractivity contribution in [3.05, 3.63) is 59.2 Å². The maximum Gasteiger partial charge on any atom is 0.130 e. The Kier molecular flexibility index (Phi) is 5.11. The van der Waals surface area contributed by atoms with Crippen LogP contribution >= 0.6 is 0 Å². The van der Waals surface area contributed by atoms with E-state index in [1.165, 1.54) is 36.4 Å². The first-order valence-electron chi connectivity index (χ1n) is 6.60. The van der Waals surface area contributed by atoms with E-state index in [-0.39, 0.29) is 48.7 Å². The molecule has 0 radical (unpaired) electrons. The van der Waals surface area contributed by atoms with Crippen LogP contribution in [0.2, 0.25) is 0 Å². The Hall–Kier alpha value is -2.14. The zero-order valence-corrected chi connectivity index (χ0v) is 11.4. The van der Waals surface area contributed by atoms with Gasteiger partial charge in [-0.05, 0) is 24.3 Å². The summed E-state index contributed by atoms with van der Waals surface area (Å²) >= 11 is 0. The van der Waals surface area contributed by atoms with Crippen LogP contribution in [0, 0.1) is 11.6 Å². The molecule has 0 bridgehead atoms. The molecule has 0 heterocycles. The summed E-state index contributed by atoms with van der Waals surface area (Å²) in [6, 6.07) is 8.22. The smallest absolute Gasteiger partial charge is 0.130 e. The van der Waals surface area contributed by atoms with Crippen molar-refractivity contribution in [2.75, 3.05) is 13.2 Å². The molecule has 0 aliphatic heterocycles. The van der Waals surface area contributed by atoms with E-state index < -0.39 is 11.6 Å². The van der Waals surface area contributed by atoms with Crippen LogP contribution in [0.15, 0.2) is 36.4 Å². The number of halogens is 2. The zero-order chi connectivity index (χ0) is 15.2. The van der Waals surface area contributed by atoms with Crippen LogP contribution in [0.1, 0.15) is 11.1 Å². The molecule has 0 spiro atoms. The molecule has 0 saturated carbocycles. The molecule has 0 aliphatic rings. The van der Waals surface area contributed by atoms with Gasteiger partial charge in [-0.1, -0.05) is 12.1 Å². The number of ether oxygens (including phenoxy) is 1. The van der Waals surface area contributed by atoms with Gasteiger partial charge in [0.15, 0.2) is 0 Å². The average Bonchev–Trinajstić information content (AvgIpc) is 2.44. The highest BCUT2D eigenvalue weighted by molar-refractivity contribution is 5.34.